The Kier molecular flexibility index (Phi) is 6.87. The number of allylic oxidation sites excluding steroid dienone is 1. The molecule has 1 aliphatic rings. The SMILES string of the molecule is COc1ccc(C(=O)OC[C@H]2CC=C(C[S@@](=O)c3ccc(C)cc3)OC2)cc1. The van der Waals surface area contributed by atoms with Crippen molar-refractivity contribution < 1.29 is 23.2 Å². The molecule has 5 nitrogen and oxygen atoms in total. The van der Waals surface area contributed by atoms with E-state index in [0.29, 0.717) is 23.7 Å². The summed E-state index contributed by atoms with van der Waals surface area (Å²) in [5.41, 5.74) is 1.63. The second-order valence-electron chi connectivity index (χ2n) is 6.71. The van der Waals surface area contributed by atoms with Crippen LogP contribution in [0.1, 0.15) is 22.3 Å². The minimum absolute atomic E-state index is 0.0961. The van der Waals surface area contributed by atoms with Crippen LogP contribution in [-0.2, 0) is 20.3 Å². The highest BCUT2D eigenvalue weighted by Gasteiger charge is 2.19. The number of carbonyl (C=O) groups excluding carboxylic acids is 1. The van der Waals surface area contributed by atoms with Gasteiger partial charge in [-0.1, -0.05) is 17.7 Å². The number of hydrogen-bond donors (Lipinski definition) is 0. The maximum atomic E-state index is 12.4. The van der Waals surface area contributed by atoms with Crippen LogP contribution in [0, 0.1) is 12.8 Å². The molecule has 2 aromatic carbocycles. The molecular formula is C22H24O5S. The summed E-state index contributed by atoms with van der Waals surface area (Å²) in [6, 6.07) is 14.5. The van der Waals surface area contributed by atoms with Gasteiger partial charge in [-0.05, 0) is 55.8 Å². The summed E-state index contributed by atoms with van der Waals surface area (Å²) in [5, 5.41) is 0. The lowest BCUT2D eigenvalue weighted by atomic mass is 10.1. The van der Waals surface area contributed by atoms with Crippen molar-refractivity contribution in [1.29, 1.82) is 0 Å². The van der Waals surface area contributed by atoms with Crippen LogP contribution in [0.5, 0.6) is 5.75 Å². The molecule has 2 atom stereocenters. The molecule has 3 rings (SSSR count). The molecule has 6 heteroatoms. The third kappa shape index (κ3) is 5.45. The van der Waals surface area contributed by atoms with Crippen LogP contribution in [0.3, 0.4) is 0 Å². The standard InChI is InChI=1S/C22H24O5S/c1-16-3-11-21(12-4-16)28(24)15-20-8-5-17(13-26-20)14-27-22(23)18-6-9-19(25-2)10-7-18/h3-4,6-12,17H,5,13-15H2,1-2H3/t17-,28+/m0/s1. The molecule has 0 unspecified atom stereocenters. The van der Waals surface area contributed by atoms with E-state index in [4.69, 9.17) is 14.2 Å². The fourth-order valence-electron chi connectivity index (χ4n) is 2.77. The van der Waals surface area contributed by atoms with Crippen molar-refractivity contribution in [3.05, 3.63) is 71.5 Å². The minimum atomic E-state index is -1.13. The van der Waals surface area contributed by atoms with Crippen LogP contribution in [0.25, 0.3) is 0 Å². The number of carbonyl (C=O) groups is 1. The lowest BCUT2D eigenvalue weighted by Gasteiger charge is -2.22. The van der Waals surface area contributed by atoms with E-state index in [-0.39, 0.29) is 18.5 Å². The summed E-state index contributed by atoms with van der Waals surface area (Å²) in [4.78, 5) is 12.9. The van der Waals surface area contributed by atoms with Crippen molar-refractivity contribution in [2.75, 3.05) is 26.1 Å². The summed E-state index contributed by atoms with van der Waals surface area (Å²) >= 11 is 0. The molecule has 0 N–H and O–H groups in total. The van der Waals surface area contributed by atoms with Crippen molar-refractivity contribution in [2.45, 2.75) is 18.2 Å². The first-order valence-electron chi connectivity index (χ1n) is 9.13. The monoisotopic (exact) mass is 400 g/mol. The van der Waals surface area contributed by atoms with Gasteiger partial charge in [0.15, 0.2) is 0 Å². The van der Waals surface area contributed by atoms with Crippen molar-refractivity contribution in [1.82, 2.24) is 0 Å². The Hall–Kier alpha value is -2.60. The molecular weight excluding hydrogens is 376 g/mol. The lowest BCUT2D eigenvalue weighted by molar-refractivity contribution is 0.0339. The van der Waals surface area contributed by atoms with Crippen molar-refractivity contribution in [3.63, 3.8) is 0 Å². The molecule has 0 aromatic heterocycles. The first-order valence-corrected chi connectivity index (χ1v) is 10.4. The van der Waals surface area contributed by atoms with Gasteiger partial charge in [-0.3, -0.25) is 4.21 Å². The Labute approximate surface area is 167 Å². The number of rotatable bonds is 7. The van der Waals surface area contributed by atoms with Crippen LogP contribution in [0.15, 0.2) is 65.3 Å². The average Bonchev–Trinajstić information content (AvgIpc) is 2.73. The van der Waals surface area contributed by atoms with E-state index in [1.54, 1.807) is 31.4 Å². The van der Waals surface area contributed by atoms with Crippen molar-refractivity contribution in [2.24, 2.45) is 5.92 Å². The predicted octanol–water partition coefficient (Wildman–Crippen LogP) is 3.89. The molecule has 0 spiro atoms. The summed E-state index contributed by atoms with van der Waals surface area (Å²) in [6.07, 6.45) is 2.68. The highest BCUT2D eigenvalue weighted by molar-refractivity contribution is 7.85. The largest absolute Gasteiger partial charge is 0.497 e. The number of esters is 1. The van der Waals surface area contributed by atoms with E-state index in [2.05, 4.69) is 0 Å². The van der Waals surface area contributed by atoms with E-state index in [1.165, 1.54) is 0 Å². The van der Waals surface area contributed by atoms with E-state index in [1.807, 2.05) is 37.3 Å². The highest BCUT2D eigenvalue weighted by Crippen LogP contribution is 2.20. The van der Waals surface area contributed by atoms with Crippen LogP contribution in [0.2, 0.25) is 0 Å². The number of ether oxygens (including phenoxy) is 3. The third-order valence-electron chi connectivity index (χ3n) is 4.52. The second kappa shape index (κ2) is 9.55. The molecule has 0 saturated carbocycles. The zero-order chi connectivity index (χ0) is 19.9. The average molecular weight is 400 g/mol. The van der Waals surface area contributed by atoms with E-state index in [0.717, 1.165) is 22.6 Å². The molecule has 0 saturated heterocycles. The van der Waals surface area contributed by atoms with Gasteiger partial charge in [0.05, 0.1) is 42.4 Å². The molecule has 2 aromatic rings. The van der Waals surface area contributed by atoms with Gasteiger partial charge in [0.25, 0.3) is 0 Å². The molecule has 1 aliphatic heterocycles. The maximum Gasteiger partial charge on any atom is 0.338 e. The molecule has 0 aliphatic carbocycles. The highest BCUT2D eigenvalue weighted by atomic mass is 32.2. The van der Waals surface area contributed by atoms with E-state index >= 15 is 0 Å². The first-order chi connectivity index (χ1) is 13.5. The smallest absolute Gasteiger partial charge is 0.338 e. The number of benzene rings is 2. The Balaban J connectivity index is 1.46. The lowest BCUT2D eigenvalue weighted by Crippen LogP contribution is -2.22. The topological polar surface area (TPSA) is 61.8 Å². The van der Waals surface area contributed by atoms with Gasteiger partial charge >= 0.3 is 5.97 Å². The van der Waals surface area contributed by atoms with Gasteiger partial charge in [0.2, 0.25) is 0 Å². The van der Waals surface area contributed by atoms with Gasteiger partial charge in [0.1, 0.15) is 11.5 Å². The molecule has 0 bridgehead atoms. The molecule has 148 valence electrons. The fraction of sp³-hybridized carbons (Fsp3) is 0.318. The second-order valence-corrected chi connectivity index (χ2v) is 8.16. The molecule has 1 heterocycles. The van der Waals surface area contributed by atoms with Gasteiger partial charge in [-0.25, -0.2) is 4.79 Å². The first kappa shape index (κ1) is 20.1. The zero-order valence-corrected chi connectivity index (χ0v) is 16.9. The van der Waals surface area contributed by atoms with E-state index < -0.39 is 10.8 Å². The zero-order valence-electron chi connectivity index (χ0n) is 16.1. The minimum Gasteiger partial charge on any atom is -0.497 e. The fourth-order valence-corrected chi connectivity index (χ4v) is 3.84. The summed E-state index contributed by atoms with van der Waals surface area (Å²) in [6.45, 7) is 2.74. The van der Waals surface area contributed by atoms with Gasteiger partial charge in [0, 0.05) is 10.8 Å². The Bertz CT molecular complexity index is 856. The summed E-state index contributed by atoms with van der Waals surface area (Å²) < 4.78 is 28.6. The Morgan fingerprint density at radius 1 is 1.14 bits per heavy atom. The van der Waals surface area contributed by atoms with Crippen LogP contribution in [-0.4, -0.2) is 36.3 Å². The molecule has 0 radical (unpaired) electrons. The Morgan fingerprint density at radius 2 is 1.86 bits per heavy atom. The van der Waals surface area contributed by atoms with Crippen molar-refractivity contribution in [3.8, 4) is 5.75 Å². The summed E-state index contributed by atoms with van der Waals surface area (Å²) in [5.74, 6) is 1.52. The molecule has 0 amide bonds. The number of aryl methyl sites for hydroxylation is 1. The molecule has 28 heavy (non-hydrogen) atoms. The number of methoxy groups -OCH3 is 1. The van der Waals surface area contributed by atoms with Crippen LogP contribution < -0.4 is 4.74 Å². The molecule has 0 fully saturated rings. The van der Waals surface area contributed by atoms with Gasteiger partial charge in [-0.2, -0.15) is 0 Å². The van der Waals surface area contributed by atoms with E-state index in [9.17, 15) is 9.00 Å². The Morgan fingerprint density at radius 3 is 2.46 bits per heavy atom. The predicted molar refractivity (Wildman–Crippen MR) is 108 cm³/mol. The van der Waals surface area contributed by atoms with Gasteiger partial charge < -0.3 is 14.2 Å². The van der Waals surface area contributed by atoms with Crippen molar-refractivity contribution >= 4 is 16.8 Å². The van der Waals surface area contributed by atoms with Crippen LogP contribution in [0.4, 0.5) is 0 Å². The summed E-state index contributed by atoms with van der Waals surface area (Å²) in [7, 11) is 0.450. The van der Waals surface area contributed by atoms with Crippen LogP contribution >= 0.6 is 0 Å². The quantitative estimate of drug-likeness (QED) is 0.660. The number of hydrogen-bond acceptors (Lipinski definition) is 5. The normalized spacial score (nSPS) is 17.2. The van der Waals surface area contributed by atoms with Gasteiger partial charge in [-0.15, -0.1) is 0 Å². The third-order valence-corrected chi connectivity index (χ3v) is 5.86. The maximum absolute atomic E-state index is 12.4.